The van der Waals surface area contributed by atoms with Crippen molar-refractivity contribution in [2.75, 3.05) is 6.61 Å². The number of carbonyl (C=O) groups is 1. The number of alkyl carbamates (subject to hydrolysis) is 1. The zero-order chi connectivity index (χ0) is 19.2. The Morgan fingerprint density at radius 3 is 2.73 bits per heavy atom. The van der Waals surface area contributed by atoms with Gasteiger partial charge in [-0.15, -0.1) is 0 Å². The average molecular weight is 363 g/mol. The number of halogens is 1. The number of amides is 1. The maximum absolute atomic E-state index is 14.2. The number of nitrogens with one attached hydrogen (secondary N) is 1. The van der Waals surface area contributed by atoms with Crippen molar-refractivity contribution >= 4 is 6.09 Å². The summed E-state index contributed by atoms with van der Waals surface area (Å²) >= 11 is 0. The Bertz CT molecular complexity index is 738. The van der Waals surface area contributed by atoms with Crippen LogP contribution in [-0.4, -0.2) is 27.9 Å². The second-order valence-corrected chi connectivity index (χ2v) is 7.04. The molecule has 0 atom stereocenters. The highest BCUT2D eigenvalue weighted by Gasteiger charge is 2.16. The van der Waals surface area contributed by atoms with E-state index in [9.17, 15) is 9.18 Å². The first kappa shape index (κ1) is 19.9. The lowest BCUT2D eigenvalue weighted by atomic mass is 10.1. The number of carbonyl (C=O) groups excluding carboxylic acids is 1. The second-order valence-electron chi connectivity index (χ2n) is 7.04. The second kappa shape index (κ2) is 8.80. The fraction of sp³-hybridized carbons (Fsp3) is 0.474. The molecule has 6 nitrogen and oxygen atoms in total. The van der Waals surface area contributed by atoms with Gasteiger partial charge in [0.05, 0.1) is 13.2 Å². The predicted molar refractivity (Wildman–Crippen MR) is 96.0 cm³/mol. The molecule has 0 unspecified atom stereocenters. The van der Waals surface area contributed by atoms with Crippen LogP contribution in [0.25, 0.3) is 0 Å². The highest BCUT2D eigenvalue weighted by molar-refractivity contribution is 5.67. The first-order valence-corrected chi connectivity index (χ1v) is 8.53. The van der Waals surface area contributed by atoms with Crippen LogP contribution < -0.4 is 5.32 Å². The third kappa shape index (κ3) is 6.48. The lowest BCUT2D eigenvalue weighted by Gasteiger charge is -2.19. The first-order chi connectivity index (χ1) is 12.2. The lowest BCUT2D eigenvalue weighted by molar-refractivity contribution is 0.0523. The fourth-order valence-electron chi connectivity index (χ4n) is 2.30. The zero-order valence-electron chi connectivity index (χ0n) is 15.7. The molecule has 0 saturated carbocycles. The summed E-state index contributed by atoms with van der Waals surface area (Å²) in [5.41, 5.74) is 0.551. The van der Waals surface area contributed by atoms with E-state index in [4.69, 9.17) is 9.47 Å². The van der Waals surface area contributed by atoms with Crippen molar-refractivity contribution in [2.45, 2.75) is 45.9 Å². The van der Waals surface area contributed by atoms with Crippen LogP contribution in [0.2, 0.25) is 0 Å². The van der Waals surface area contributed by atoms with E-state index in [2.05, 4.69) is 10.3 Å². The van der Waals surface area contributed by atoms with E-state index in [0.29, 0.717) is 25.2 Å². The number of benzene rings is 1. The van der Waals surface area contributed by atoms with E-state index in [1.54, 1.807) is 39.1 Å². The summed E-state index contributed by atoms with van der Waals surface area (Å²) in [5.74, 6) is 0.561. The van der Waals surface area contributed by atoms with Gasteiger partial charge in [-0.05, 0) is 32.4 Å². The van der Waals surface area contributed by atoms with Crippen LogP contribution in [-0.2, 0) is 36.1 Å². The van der Waals surface area contributed by atoms with Crippen molar-refractivity contribution < 1.29 is 18.7 Å². The minimum absolute atomic E-state index is 0.0705. The fourth-order valence-corrected chi connectivity index (χ4v) is 2.30. The van der Waals surface area contributed by atoms with Crippen molar-refractivity contribution in [1.82, 2.24) is 14.9 Å². The largest absolute Gasteiger partial charge is 0.444 e. The van der Waals surface area contributed by atoms with Gasteiger partial charge in [0, 0.05) is 38.0 Å². The van der Waals surface area contributed by atoms with Crippen LogP contribution in [0.5, 0.6) is 0 Å². The molecule has 26 heavy (non-hydrogen) atoms. The average Bonchev–Trinajstić information content (AvgIpc) is 2.94. The van der Waals surface area contributed by atoms with Gasteiger partial charge < -0.3 is 19.4 Å². The lowest BCUT2D eigenvalue weighted by Crippen LogP contribution is -2.32. The van der Waals surface area contributed by atoms with Crippen molar-refractivity contribution in [3.63, 3.8) is 0 Å². The molecular formula is C19H26FN3O3. The van der Waals surface area contributed by atoms with Crippen molar-refractivity contribution in [3.05, 3.63) is 53.4 Å². The summed E-state index contributed by atoms with van der Waals surface area (Å²) in [6.07, 6.45) is 3.76. The Kier molecular flexibility index (Phi) is 6.74. The molecule has 1 amide bonds. The number of imidazole rings is 1. The van der Waals surface area contributed by atoms with Gasteiger partial charge in [-0.2, -0.15) is 0 Å². The summed E-state index contributed by atoms with van der Waals surface area (Å²) < 4.78 is 26.8. The van der Waals surface area contributed by atoms with Crippen LogP contribution in [0.15, 0.2) is 30.6 Å². The Labute approximate surface area is 153 Å². The van der Waals surface area contributed by atoms with E-state index in [1.807, 2.05) is 17.8 Å². The van der Waals surface area contributed by atoms with E-state index in [0.717, 1.165) is 11.4 Å². The standard InChI is InChI=1S/C19H26FN3O3/c1-19(2,3)26-18(24)22-12-15-6-5-14(11-16(15)20)13-25-10-7-17-21-8-9-23(17)4/h5-6,8-9,11H,7,10,12-13H2,1-4H3,(H,22,24). The molecule has 1 N–H and O–H groups in total. The van der Waals surface area contributed by atoms with Crippen molar-refractivity contribution in [3.8, 4) is 0 Å². The molecule has 142 valence electrons. The minimum Gasteiger partial charge on any atom is -0.444 e. The molecule has 2 aromatic rings. The summed E-state index contributed by atoms with van der Waals surface area (Å²) in [7, 11) is 1.93. The zero-order valence-corrected chi connectivity index (χ0v) is 15.7. The van der Waals surface area contributed by atoms with Crippen molar-refractivity contribution in [2.24, 2.45) is 7.05 Å². The molecule has 0 aliphatic carbocycles. The molecule has 0 radical (unpaired) electrons. The van der Waals surface area contributed by atoms with Crippen LogP contribution in [0.4, 0.5) is 9.18 Å². The topological polar surface area (TPSA) is 65.4 Å². The summed E-state index contributed by atoms with van der Waals surface area (Å²) in [4.78, 5) is 15.8. The SMILES string of the molecule is Cn1ccnc1CCOCc1ccc(CNC(=O)OC(C)(C)C)c(F)c1. The maximum Gasteiger partial charge on any atom is 0.407 e. The summed E-state index contributed by atoms with van der Waals surface area (Å²) in [6.45, 7) is 6.22. The van der Waals surface area contributed by atoms with Crippen LogP contribution in [0.1, 0.15) is 37.7 Å². The quantitative estimate of drug-likeness (QED) is 0.766. The Morgan fingerprint density at radius 1 is 1.35 bits per heavy atom. The number of ether oxygens (including phenoxy) is 2. The van der Waals surface area contributed by atoms with Gasteiger partial charge in [0.1, 0.15) is 17.2 Å². The Hall–Kier alpha value is -2.41. The van der Waals surface area contributed by atoms with Gasteiger partial charge in [0.15, 0.2) is 0 Å². The van der Waals surface area contributed by atoms with Gasteiger partial charge in [-0.3, -0.25) is 0 Å². The Morgan fingerprint density at radius 2 is 2.12 bits per heavy atom. The molecule has 0 aliphatic rings. The molecule has 2 rings (SSSR count). The van der Waals surface area contributed by atoms with E-state index >= 15 is 0 Å². The highest BCUT2D eigenvalue weighted by Crippen LogP contribution is 2.12. The molecule has 1 heterocycles. The van der Waals surface area contributed by atoms with Gasteiger partial charge in [0.2, 0.25) is 0 Å². The van der Waals surface area contributed by atoms with Crippen LogP contribution in [0, 0.1) is 5.82 Å². The molecule has 0 spiro atoms. The molecule has 0 bridgehead atoms. The van der Waals surface area contributed by atoms with Crippen molar-refractivity contribution in [1.29, 1.82) is 0 Å². The number of rotatable bonds is 7. The van der Waals surface area contributed by atoms with Crippen LogP contribution >= 0.6 is 0 Å². The van der Waals surface area contributed by atoms with Gasteiger partial charge >= 0.3 is 6.09 Å². The minimum atomic E-state index is -0.585. The molecule has 1 aromatic carbocycles. The van der Waals surface area contributed by atoms with E-state index < -0.39 is 11.7 Å². The predicted octanol–water partition coefficient (Wildman–Crippen LogP) is 3.34. The third-order valence-corrected chi connectivity index (χ3v) is 3.60. The number of aromatic nitrogens is 2. The number of nitrogens with zero attached hydrogens (tertiary/aromatic N) is 2. The number of hydrogen-bond donors (Lipinski definition) is 1. The van der Waals surface area contributed by atoms with Gasteiger partial charge in [0.25, 0.3) is 0 Å². The monoisotopic (exact) mass is 363 g/mol. The molecule has 1 aromatic heterocycles. The summed E-state index contributed by atoms with van der Waals surface area (Å²) in [5, 5.41) is 2.55. The van der Waals surface area contributed by atoms with E-state index in [1.165, 1.54) is 6.07 Å². The number of hydrogen-bond acceptors (Lipinski definition) is 4. The van der Waals surface area contributed by atoms with E-state index in [-0.39, 0.29) is 12.4 Å². The summed E-state index contributed by atoms with van der Waals surface area (Å²) in [6, 6.07) is 4.85. The molecular weight excluding hydrogens is 337 g/mol. The Balaban J connectivity index is 1.77. The molecule has 7 heteroatoms. The van der Waals surface area contributed by atoms with Gasteiger partial charge in [-0.25, -0.2) is 14.2 Å². The van der Waals surface area contributed by atoms with Gasteiger partial charge in [-0.1, -0.05) is 12.1 Å². The smallest absolute Gasteiger partial charge is 0.407 e. The number of aryl methyl sites for hydroxylation is 1. The normalized spacial score (nSPS) is 11.4. The molecule has 0 saturated heterocycles. The maximum atomic E-state index is 14.2. The van der Waals surface area contributed by atoms with Crippen LogP contribution in [0.3, 0.4) is 0 Å². The molecule has 0 aliphatic heterocycles. The highest BCUT2D eigenvalue weighted by atomic mass is 19.1. The first-order valence-electron chi connectivity index (χ1n) is 8.53. The third-order valence-electron chi connectivity index (χ3n) is 3.60. The molecule has 0 fully saturated rings.